The fourth-order valence-electron chi connectivity index (χ4n) is 3.05. The molecule has 154 valence electrons. The third-order valence-electron chi connectivity index (χ3n) is 4.69. The van der Waals surface area contributed by atoms with Crippen molar-refractivity contribution in [2.45, 2.75) is 6.54 Å². The van der Waals surface area contributed by atoms with Gasteiger partial charge in [0.25, 0.3) is 11.8 Å². The molecule has 9 nitrogen and oxygen atoms in total. The Hall–Kier alpha value is -2.95. The summed E-state index contributed by atoms with van der Waals surface area (Å²) in [5, 5.41) is 5.63. The predicted octanol–water partition coefficient (Wildman–Crippen LogP) is 1.34. The van der Waals surface area contributed by atoms with E-state index in [9.17, 15) is 14.4 Å². The first kappa shape index (κ1) is 20.8. The number of carbonyl (C=O) groups is 3. The number of carbonyl (C=O) groups excluding carboxylic acids is 3. The van der Waals surface area contributed by atoms with Crippen LogP contribution in [0.4, 0.5) is 14.8 Å². The average Bonchev–Trinajstić information content (AvgIpc) is 3.06. The number of hydrogen-bond acceptors (Lipinski definition) is 6. The summed E-state index contributed by atoms with van der Waals surface area (Å²) in [4.78, 5) is 39.8. The first-order valence-corrected chi connectivity index (χ1v) is 9.95. The van der Waals surface area contributed by atoms with Crippen molar-refractivity contribution in [3.8, 4) is 0 Å². The minimum Gasteiger partial charge on any atom is -0.366 e. The lowest BCUT2D eigenvalue weighted by Gasteiger charge is -2.32. The van der Waals surface area contributed by atoms with Crippen LogP contribution in [0.15, 0.2) is 30.3 Å². The third kappa shape index (κ3) is 5.53. The fourth-order valence-corrected chi connectivity index (χ4v) is 4.01. The van der Waals surface area contributed by atoms with E-state index in [1.807, 2.05) is 12.1 Å². The van der Waals surface area contributed by atoms with Gasteiger partial charge in [-0.2, -0.15) is 0 Å². The molecule has 0 spiro atoms. The molecule has 0 unspecified atom stereocenters. The molecule has 0 bridgehead atoms. The molecular formula is C19H24N6O3S. The van der Waals surface area contributed by atoms with Crippen LogP contribution < -0.4 is 22.1 Å². The van der Waals surface area contributed by atoms with Crippen LogP contribution in [0.3, 0.4) is 0 Å². The smallest absolute Gasteiger partial charge is 0.317 e. The molecule has 1 fully saturated rings. The van der Waals surface area contributed by atoms with Crippen molar-refractivity contribution >= 4 is 39.2 Å². The molecule has 0 radical (unpaired) electrons. The molecule has 1 aliphatic heterocycles. The maximum absolute atomic E-state index is 12.5. The van der Waals surface area contributed by atoms with E-state index in [0.29, 0.717) is 10.6 Å². The highest BCUT2D eigenvalue weighted by atomic mass is 32.1. The molecule has 0 aliphatic carbocycles. The Bertz CT molecular complexity index is 903. The van der Waals surface area contributed by atoms with Crippen LogP contribution in [-0.2, 0) is 6.54 Å². The van der Waals surface area contributed by atoms with Crippen LogP contribution in [0.5, 0.6) is 0 Å². The molecule has 10 heteroatoms. The number of nitrogens with two attached hydrogens (primary N) is 2. The number of nitrogens with one attached hydrogen (secondary N) is 2. The Labute approximate surface area is 172 Å². The van der Waals surface area contributed by atoms with Gasteiger partial charge in [-0.3, -0.25) is 19.8 Å². The van der Waals surface area contributed by atoms with Crippen molar-refractivity contribution < 1.29 is 14.4 Å². The number of piperazine rings is 1. The van der Waals surface area contributed by atoms with Gasteiger partial charge in [-0.15, -0.1) is 0 Å². The number of urea groups is 1. The minimum absolute atomic E-state index is 0.0895. The van der Waals surface area contributed by atoms with Gasteiger partial charge in [0.2, 0.25) is 0 Å². The summed E-state index contributed by atoms with van der Waals surface area (Å²) in [6.45, 7) is 5.02. The Morgan fingerprint density at radius 1 is 1.03 bits per heavy atom. The SMILES string of the molecule is CN1CCN(Cc2ccc(C(=O)Nc3cc(C(N)=O)c(NC(N)=O)s3)cc2)CC1. The van der Waals surface area contributed by atoms with E-state index in [-0.39, 0.29) is 16.5 Å². The number of likely N-dealkylation sites (N-methyl/N-ethyl adjacent to an activating group) is 1. The zero-order chi connectivity index (χ0) is 21.0. The predicted molar refractivity (Wildman–Crippen MR) is 113 cm³/mol. The average molecular weight is 417 g/mol. The quantitative estimate of drug-likeness (QED) is 0.564. The molecule has 1 aliphatic rings. The molecule has 1 saturated heterocycles. The maximum Gasteiger partial charge on any atom is 0.317 e. The summed E-state index contributed by atoms with van der Waals surface area (Å²) < 4.78 is 0. The van der Waals surface area contributed by atoms with Crippen molar-refractivity contribution in [3.05, 3.63) is 47.0 Å². The molecular weight excluding hydrogens is 392 g/mol. The zero-order valence-corrected chi connectivity index (χ0v) is 16.9. The molecule has 2 heterocycles. The van der Waals surface area contributed by atoms with Gasteiger partial charge in [0, 0.05) is 38.3 Å². The van der Waals surface area contributed by atoms with Crippen molar-refractivity contribution in [2.75, 3.05) is 43.9 Å². The molecule has 2 aromatic rings. The lowest BCUT2D eigenvalue weighted by atomic mass is 10.1. The van der Waals surface area contributed by atoms with Gasteiger partial charge in [0.1, 0.15) is 5.00 Å². The second kappa shape index (κ2) is 9.03. The summed E-state index contributed by atoms with van der Waals surface area (Å²) in [7, 11) is 2.12. The second-order valence-corrected chi connectivity index (χ2v) is 7.99. The van der Waals surface area contributed by atoms with E-state index in [1.165, 1.54) is 6.07 Å². The molecule has 3 rings (SSSR count). The Kier molecular flexibility index (Phi) is 6.47. The van der Waals surface area contributed by atoms with Gasteiger partial charge in [-0.05, 0) is 30.8 Å². The maximum atomic E-state index is 12.5. The molecule has 29 heavy (non-hydrogen) atoms. The summed E-state index contributed by atoms with van der Waals surface area (Å²) in [6, 6.07) is 8.02. The van der Waals surface area contributed by atoms with Crippen LogP contribution in [-0.4, -0.2) is 60.9 Å². The van der Waals surface area contributed by atoms with E-state index in [4.69, 9.17) is 11.5 Å². The van der Waals surface area contributed by atoms with Crippen LogP contribution in [0.2, 0.25) is 0 Å². The lowest BCUT2D eigenvalue weighted by Crippen LogP contribution is -2.43. The number of primary amides is 2. The van der Waals surface area contributed by atoms with Crippen molar-refractivity contribution in [2.24, 2.45) is 11.5 Å². The number of hydrogen-bond donors (Lipinski definition) is 4. The van der Waals surface area contributed by atoms with Crippen molar-refractivity contribution in [3.63, 3.8) is 0 Å². The highest BCUT2D eigenvalue weighted by Gasteiger charge is 2.17. The number of thiophene rings is 1. The molecule has 1 aromatic heterocycles. The van der Waals surface area contributed by atoms with Gasteiger partial charge in [-0.1, -0.05) is 23.5 Å². The highest BCUT2D eigenvalue weighted by molar-refractivity contribution is 7.20. The fraction of sp³-hybridized carbons (Fsp3) is 0.316. The molecule has 6 N–H and O–H groups in total. The largest absolute Gasteiger partial charge is 0.366 e. The number of benzene rings is 1. The topological polar surface area (TPSA) is 134 Å². The molecule has 0 atom stereocenters. The Balaban J connectivity index is 1.63. The van der Waals surface area contributed by atoms with Gasteiger partial charge in [-0.25, -0.2) is 4.79 Å². The minimum atomic E-state index is -0.817. The van der Waals surface area contributed by atoms with Crippen molar-refractivity contribution in [1.82, 2.24) is 9.80 Å². The Morgan fingerprint density at radius 3 is 2.28 bits per heavy atom. The van der Waals surface area contributed by atoms with E-state index < -0.39 is 11.9 Å². The first-order chi connectivity index (χ1) is 13.8. The van der Waals surface area contributed by atoms with E-state index in [0.717, 1.165) is 49.6 Å². The zero-order valence-electron chi connectivity index (χ0n) is 16.1. The first-order valence-electron chi connectivity index (χ1n) is 9.13. The van der Waals surface area contributed by atoms with Crippen molar-refractivity contribution in [1.29, 1.82) is 0 Å². The lowest BCUT2D eigenvalue weighted by molar-refractivity contribution is 0.0997. The van der Waals surface area contributed by atoms with Crippen LogP contribution >= 0.6 is 11.3 Å². The molecule has 4 amide bonds. The van der Waals surface area contributed by atoms with Gasteiger partial charge >= 0.3 is 6.03 Å². The number of anilines is 2. The number of amides is 4. The van der Waals surface area contributed by atoms with Gasteiger partial charge < -0.3 is 21.7 Å². The van der Waals surface area contributed by atoms with Crippen LogP contribution in [0, 0.1) is 0 Å². The highest BCUT2D eigenvalue weighted by Crippen LogP contribution is 2.32. The number of nitrogens with zero attached hydrogens (tertiary/aromatic N) is 2. The Morgan fingerprint density at radius 2 is 1.69 bits per heavy atom. The summed E-state index contributed by atoms with van der Waals surface area (Å²) in [6.07, 6.45) is 0. The summed E-state index contributed by atoms with van der Waals surface area (Å²) in [5.74, 6) is -1.04. The van der Waals surface area contributed by atoms with Crippen LogP contribution in [0.1, 0.15) is 26.3 Å². The molecule has 0 saturated carbocycles. The third-order valence-corrected chi connectivity index (χ3v) is 5.66. The van der Waals surface area contributed by atoms with E-state index in [2.05, 4.69) is 27.5 Å². The summed E-state index contributed by atoms with van der Waals surface area (Å²) in [5.41, 5.74) is 12.1. The number of rotatable bonds is 6. The second-order valence-electron chi connectivity index (χ2n) is 6.94. The summed E-state index contributed by atoms with van der Waals surface area (Å²) >= 11 is 1.01. The monoisotopic (exact) mass is 416 g/mol. The standard InChI is InChI=1S/C19H24N6O3S/c1-24-6-8-25(9-7-24)11-12-2-4-13(5-3-12)17(27)22-15-10-14(16(20)26)18(29-15)23-19(21)28/h2-5,10H,6-9,11H2,1H3,(H2,20,26)(H,22,27)(H3,21,23,28). The van der Waals surface area contributed by atoms with E-state index in [1.54, 1.807) is 12.1 Å². The van der Waals surface area contributed by atoms with E-state index >= 15 is 0 Å². The normalized spacial score (nSPS) is 15.1. The van der Waals surface area contributed by atoms with Gasteiger partial charge in [0.05, 0.1) is 10.6 Å². The van der Waals surface area contributed by atoms with Crippen LogP contribution in [0.25, 0.3) is 0 Å². The molecule has 1 aromatic carbocycles. The van der Waals surface area contributed by atoms with Gasteiger partial charge in [0.15, 0.2) is 0 Å².